The number of hydrogen-bond donors (Lipinski definition) is 1. The first kappa shape index (κ1) is 22.9. The number of nitro groups is 1. The van der Waals surface area contributed by atoms with Crippen molar-refractivity contribution in [3.63, 3.8) is 0 Å². The predicted molar refractivity (Wildman–Crippen MR) is 112 cm³/mol. The number of carbonyl (C=O) groups excluding carboxylic acids is 1. The van der Waals surface area contributed by atoms with E-state index < -0.39 is 27.4 Å². The third-order valence-corrected chi connectivity index (χ3v) is 5.24. The molecule has 2 aromatic rings. The second kappa shape index (κ2) is 9.92. The fourth-order valence-corrected chi connectivity index (χ4v) is 3.48. The number of carbonyl (C=O) groups is 1. The topological polar surface area (TPSA) is 128 Å². The lowest BCUT2D eigenvalue weighted by atomic mass is 10.2. The van der Waals surface area contributed by atoms with Crippen molar-refractivity contribution < 1.29 is 27.6 Å². The van der Waals surface area contributed by atoms with E-state index in [1.807, 2.05) is 0 Å². The summed E-state index contributed by atoms with van der Waals surface area (Å²) in [4.78, 5) is 22.7. The molecule has 2 rings (SSSR count). The molecule has 1 N–H and O–H groups in total. The van der Waals surface area contributed by atoms with Crippen molar-refractivity contribution in [1.82, 2.24) is 5.32 Å². The van der Waals surface area contributed by atoms with Crippen molar-refractivity contribution in [3.8, 4) is 11.5 Å². The summed E-state index contributed by atoms with van der Waals surface area (Å²) in [6, 6.07) is 10.8. The maximum atomic E-state index is 12.3. The molecule has 2 aromatic carbocycles. The van der Waals surface area contributed by atoms with Gasteiger partial charge in [-0.3, -0.25) is 19.2 Å². The zero-order valence-corrected chi connectivity index (χ0v) is 17.6. The van der Waals surface area contributed by atoms with Crippen molar-refractivity contribution in [2.24, 2.45) is 0 Å². The Morgan fingerprint density at radius 3 is 2.37 bits per heavy atom. The number of sulfonamides is 1. The van der Waals surface area contributed by atoms with Crippen molar-refractivity contribution >= 4 is 27.3 Å². The number of nitro benzene ring substituents is 1. The second-order valence-electron chi connectivity index (χ2n) is 6.37. The molecule has 0 aliphatic carbocycles. The molecule has 1 amide bonds. The van der Waals surface area contributed by atoms with Crippen LogP contribution in [0.1, 0.15) is 5.56 Å². The van der Waals surface area contributed by atoms with Crippen LogP contribution in [0.25, 0.3) is 0 Å². The van der Waals surface area contributed by atoms with Crippen LogP contribution in [0, 0.1) is 17.0 Å². The highest BCUT2D eigenvalue weighted by Gasteiger charge is 2.24. The van der Waals surface area contributed by atoms with Crippen molar-refractivity contribution in [2.45, 2.75) is 6.92 Å². The Morgan fingerprint density at radius 1 is 1.17 bits per heavy atom. The third-order valence-electron chi connectivity index (χ3n) is 4.11. The summed E-state index contributed by atoms with van der Waals surface area (Å²) in [5.41, 5.74) is 0.301. The number of ether oxygens (including phenoxy) is 2. The second-order valence-corrected chi connectivity index (χ2v) is 8.28. The number of nitrogens with zero attached hydrogens (tertiary/aromatic N) is 2. The summed E-state index contributed by atoms with van der Waals surface area (Å²) in [6.45, 7) is 1.42. The van der Waals surface area contributed by atoms with Gasteiger partial charge < -0.3 is 14.8 Å². The Hall–Kier alpha value is -3.34. The minimum absolute atomic E-state index is 0.0799. The van der Waals surface area contributed by atoms with E-state index in [0.29, 0.717) is 17.1 Å². The van der Waals surface area contributed by atoms with Gasteiger partial charge in [0.05, 0.1) is 30.5 Å². The van der Waals surface area contributed by atoms with Crippen molar-refractivity contribution in [2.75, 3.05) is 37.4 Å². The average molecular weight is 437 g/mol. The first-order chi connectivity index (χ1) is 14.1. The predicted octanol–water partition coefficient (Wildman–Crippen LogP) is 1.87. The minimum atomic E-state index is -3.85. The zero-order valence-electron chi connectivity index (χ0n) is 16.8. The van der Waals surface area contributed by atoms with E-state index >= 15 is 0 Å². The molecule has 0 bridgehead atoms. The van der Waals surface area contributed by atoms with Gasteiger partial charge in [-0.25, -0.2) is 8.42 Å². The van der Waals surface area contributed by atoms with E-state index in [0.717, 1.165) is 16.6 Å². The highest BCUT2D eigenvalue weighted by atomic mass is 32.2. The first-order valence-corrected chi connectivity index (χ1v) is 10.7. The summed E-state index contributed by atoms with van der Waals surface area (Å²) in [7, 11) is -2.30. The summed E-state index contributed by atoms with van der Waals surface area (Å²) in [5.74, 6) is 0.715. The number of hydrogen-bond acceptors (Lipinski definition) is 7. The largest absolute Gasteiger partial charge is 0.497 e. The van der Waals surface area contributed by atoms with Crippen LogP contribution in [0.5, 0.6) is 11.5 Å². The summed E-state index contributed by atoms with van der Waals surface area (Å²) in [6.07, 6.45) is 0.936. The number of benzene rings is 2. The van der Waals surface area contributed by atoms with Crippen LogP contribution in [0.4, 0.5) is 11.4 Å². The molecule has 10 nitrogen and oxygen atoms in total. The van der Waals surface area contributed by atoms with Crippen LogP contribution in [0.3, 0.4) is 0 Å². The Balaban J connectivity index is 1.99. The van der Waals surface area contributed by atoms with Gasteiger partial charge in [0.15, 0.2) is 0 Å². The van der Waals surface area contributed by atoms with Gasteiger partial charge in [-0.2, -0.15) is 0 Å². The number of aryl methyl sites for hydroxylation is 1. The molecule has 0 atom stereocenters. The molecule has 0 heterocycles. The van der Waals surface area contributed by atoms with E-state index in [9.17, 15) is 23.3 Å². The van der Waals surface area contributed by atoms with E-state index in [1.54, 1.807) is 38.3 Å². The van der Waals surface area contributed by atoms with Crippen molar-refractivity contribution in [3.05, 3.63) is 58.1 Å². The lowest BCUT2D eigenvalue weighted by Gasteiger charge is -2.23. The SMILES string of the molecule is COc1ccc(OCCNC(=O)CN(c2cc([N+](=O)[O-])ccc2C)S(C)(=O)=O)cc1. The molecule has 11 heteroatoms. The highest BCUT2D eigenvalue weighted by molar-refractivity contribution is 7.92. The van der Waals surface area contributed by atoms with Crippen LogP contribution >= 0.6 is 0 Å². The number of methoxy groups -OCH3 is 1. The molecule has 0 saturated carbocycles. The molecular weight excluding hydrogens is 414 g/mol. The Labute approximate surface area is 174 Å². The van der Waals surface area contributed by atoms with Crippen LogP contribution in [-0.2, 0) is 14.8 Å². The Bertz CT molecular complexity index is 1010. The van der Waals surface area contributed by atoms with Gasteiger partial charge in [0, 0.05) is 12.1 Å². The van der Waals surface area contributed by atoms with Crippen LogP contribution in [0.15, 0.2) is 42.5 Å². The standard InChI is InChI=1S/C19H23N3O7S/c1-14-4-5-15(22(24)25)12-18(14)21(30(3,26)27)13-19(23)20-10-11-29-17-8-6-16(28-2)7-9-17/h4-9,12H,10-11,13H2,1-3H3,(H,20,23). The summed E-state index contributed by atoms with van der Waals surface area (Å²) in [5, 5.41) is 13.6. The van der Waals surface area contributed by atoms with Crippen LogP contribution in [-0.4, -0.2) is 52.3 Å². The summed E-state index contributed by atoms with van der Waals surface area (Å²) < 4.78 is 35.8. The van der Waals surface area contributed by atoms with Crippen LogP contribution in [0.2, 0.25) is 0 Å². The Kier molecular flexibility index (Phi) is 7.59. The fraction of sp³-hybridized carbons (Fsp3) is 0.316. The molecular formula is C19H23N3O7S. The minimum Gasteiger partial charge on any atom is -0.497 e. The van der Waals surface area contributed by atoms with Gasteiger partial charge in [0.25, 0.3) is 5.69 Å². The van der Waals surface area contributed by atoms with Gasteiger partial charge >= 0.3 is 0 Å². The van der Waals surface area contributed by atoms with Crippen LogP contribution < -0.4 is 19.1 Å². The molecule has 0 aliphatic heterocycles. The fourth-order valence-electron chi connectivity index (χ4n) is 2.58. The number of nitrogens with one attached hydrogen (secondary N) is 1. The molecule has 30 heavy (non-hydrogen) atoms. The van der Waals surface area contributed by atoms with E-state index in [4.69, 9.17) is 9.47 Å². The van der Waals surface area contributed by atoms with Gasteiger partial charge in [0.1, 0.15) is 24.7 Å². The maximum absolute atomic E-state index is 12.3. The Morgan fingerprint density at radius 2 is 1.80 bits per heavy atom. The molecule has 0 aliphatic rings. The smallest absolute Gasteiger partial charge is 0.271 e. The van der Waals surface area contributed by atoms with E-state index in [1.165, 1.54) is 12.1 Å². The normalized spacial score (nSPS) is 10.9. The number of amides is 1. The van der Waals surface area contributed by atoms with Crippen molar-refractivity contribution in [1.29, 1.82) is 0 Å². The lowest BCUT2D eigenvalue weighted by molar-refractivity contribution is -0.384. The molecule has 162 valence electrons. The molecule has 0 saturated heterocycles. The highest BCUT2D eigenvalue weighted by Crippen LogP contribution is 2.27. The number of rotatable bonds is 10. The lowest BCUT2D eigenvalue weighted by Crippen LogP contribution is -2.41. The van der Waals surface area contributed by atoms with Gasteiger partial charge in [-0.1, -0.05) is 6.07 Å². The third kappa shape index (κ3) is 6.34. The molecule has 0 unspecified atom stereocenters. The molecule has 0 aromatic heterocycles. The number of non-ortho nitro benzene ring substituents is 1. The molecule has 0 fully saturated rings. The monoisotopic (exact) mass is 437 g/mol. The van der Waals surface area contributed by atoms with Gasteiger partial charge in [-0.15, -0.1) is 0 Å². The van der Waals surface area contributed by atoms with Gasteiger partial charge in [0.2, 0.25) is 15.9 Å². The molecule has 0 spiro atoms. The van der Waals surface area contributed by atoms with E-state index in [-0.39, 0.29) is 24.5 Å². The average Bonchev–Trinajstić information content (AvgIpc) is 2.69. The number of anilines is 1. The quantitative estimate of drug-likeness (QED) is 0.341. The summed E-state index contributed by atoms with van der Waals surface area (Å²) >= 11 is 0. The zero-order chi connectivity index (χ0) is 22.3. The van der Waals surface area contributed by atoms with E-state index in [2.05, 4.69) is 5.32 Å². The first-order valence-electron chi connectivity index (χ1n) is 8.88. The maximum Gasteiger partial charge on any atom is 0.271 e. The van der Waals surface area contributed by atoms with Gasteiger partial charge in [-0.05, 0) is 36.8 Å². The molecule has 0 radical (unpaired) electrons.